The molecule has 102 valence electrons. The third kappa shape index (κ3) is 2.89. The summed E-state index contributed by atoms with van der Waals surface area (Å²) in [6, 6.07) is 8.65. The highest BCUT2D eigenvalue weighted by molar-refractivity contribution is 5.66. The van der Waals surface area contributed by atoms with Gasteiger partial charge in [-0.25, -0.2) is 4.39 Å². The zero-order valence-electron chi connectivity index (χ0n) is 11.5. The molecule has 0 saturated carbocycles. The first-order valence-electron chi connectivity index (χ1n) is 6.25. The van der Waals surface area contributed by atoms with Gasteiger partial charge in [0.2, 0.25) is 0 Å². The molecule has 0 aliphatic carbocycles. The van der Waals surface area contributed by atoms with Crippen molar-refractivity contribution in [3.8, 4) is 0 Å². The van der Waals surface area contributed by atoms with Gasteiger partial charge in [0.1, 0.15) is 17.3 Å². The van der Waals surface area contributed by atoms with Gasteiger partial charge in [-0.2, -0.15) is 0 Å². The van der Waals surface area contributed by atoms with Gasteiger partial charge in [-0.05, 0) is 31.2 Å². The minimum Gasteiger partial charge on any atom is -0.466 e. The van der Waals surface area contributed by atoms with Gasteiger partial charge in [0.05, 0.1) is 11.4 Å². The Labute approximate surface area is 112 Å². The molecule has 19 heavy (non-hydrogen) atoms. The van der Waals surface area contributed by atoms with Crippen molar-refractivity contribution in [3.05, 3.63) is 47.7 Å². The first-order valence-corrected chi connectivity index (χ1v) is 6.25. The van der Waals surface area contributed by atoms with Gasteiger partial charge in [0.15, 0.2) is 0 Å². The van der Waals surface area contributed by atoms with Crippen molar-refractivity contribution in [2.75, 3.05) is 17.6 Å². The van der Waals surface area contributed by atoms with E-state index in [-0.39, 0.29) is 11.1 Å². The fourth-order valence-corrected chi connectivity index (χ4v) is 1.89. The minimum absolute atomic E-state index is 0.147. The predicted molar refractivity (Wildman–Crippen MR) is 75.8 cm³/mol. The van der Waals surface area contributed by atoms with Gasteiger partial charge in [-0.15, -0.1) is 0 Å². The van der Waals surface area contributed by atoms with E-state index in [9.17, 15) is 4.39 Å². The molecule has 0 atom stereocenters. The molecular formula is C15H19FN2O. The summed E-state index contributed by atoms with van der Waals surface area (Å²) in [5, 5.41) is 3.18. The van der Waals surface area contributed by atoms with Gasteiger partial charge in [0.25, 0.3) is 0 Å². The summed E-state index contributed by atoms with van der Waals surface area (Å²) >= 11 is 0. The van der Waals surface area contributed by atoms with Crippen molar-refractivity contribution in [2.45, 2.75) is 26.2 Å². The monoisotopic (exact) mass is 262 g/mol. The maximum absolute atomic E-state index is 13.3. The van der Waals surface area contributed by atoms with Gasteiger partial charge in [-0.1, -0.05) is 19.9 Å². The fourth-order valence-electron chi connectivity index (χ4n) is 1.89. The average Bonchev–Trinajstić information content (AvgIpc) is 2.79. The van der Waals surface area contributed by atoms with Crippen LogP contribution in [0.4, 0.5) is 15.8 Å². The molecule has 2 rings (SSSR count). The third-order valence-electron chi connectivity index (χ3n) is 3.18. The molecule has 0 aliphatic rings. The molecule has 3 nitrogen and oxygen atoms in total. The topological polar surface area (TPSA) is 51.2 Å². The standard InChI is InChI=1S/C15H19FN2O/c1-10-7-8-13(19-10)15(2,3)9-18-12-6-4-5-11(16)14(12)17/h4-8,18H,9,17H2,1-3H3. The van der Waals surface area contributed by atoms with E-state index >= 15 is 0 Å². The number of nitrogens with one attached hydrogen (secondary N) is 1. The van der Waals surface area contributed by atoms with Crippen molar-refractivity contribution >= 4 is 11.4 Å². The maximum atomic E-state index is 13.3. The Hall–Kier alpha value is -1.97. The number of hydrogen-bond acceptors (Lipinski definition) is 3. The number of rotatable bonds is 4. The van der Waals surface area contributed by atoms with Crippen LogP contribution >= 0.6 is 0 Å². The van der Waals surface area contributed by atoms with Crippen LogP contribution in [0.2, 0.25) is 0 Å². The van der Waals surface area contributed by atoms with Crippen molar-refractivity contribution in [1.29, 1.82) is 0 Å². The second-order valence-electron chi connectivity index (χ2n) is 5.35. The Morgan fingerprint density at radius 1 is 1.26 bits per heavy atom. The molecule has 1 heterocycles. The Kier molecular flexibility index (Phi) is 3.51. The summed E-state index contributed by atoms with van der Waals surface area (Å²) in [6.07, 6.45) is 0. The summed E-state index contributed by atoms with van der Waals surface area (Å²) in [6.45, 7) is 6.65. The van der Waals surface area contributed by atoms with E-state index in [4.69, 9.17) is 10.2 Å². The highest BCUT2D eigenvalue weighted by Crippen LogP contribution is 2.27. The van der Waals surface area contributed by atoms with E-state index in [0.29, 0.717) is 12.2 Å². The smallest absolute Gasteiger partial charge is 0.148 e. The molecule has 0 saturated heterocycles. The normalized spacial score (nSPS) is 11.6. The second-order valence-corrected chi connectivity index (χ2v) is 5.35. The van der Waals surface area contributed by atoms with Crippen LogP contribution in [-0.2, 0) is 5.41 Å². The quantitative estimate of drug-likeness (QED) is 0.826. The van der Waals surface area contributed by atoms with Crippen molar-refractivity contribution in [3.63, 3.8) is 0 Å². The van der Waals surface area contributed by atoms with Crippen LogP contribution < -0.4 is 11.1 Å². The number of nitrogen functional groups attached to an aromatic ring is 1. The van der Waals surface area contributed by atoms with E-state index in [0.717, 1.165) is 11.5 Å². The molecule has 0 radical (unpaired) electrons. The van der Waals surface area contributed by atoms with E-state index in [2.05, 4.69) is 19.2 Å². The van der Waals surface area contributed by atoms with Gasteiger partial charge in [-0.3, -0.25) is 0 Å². The summed E-state index contributed by atoms with van der Waals surface area (Å²) in [5.74, 6) is 1.37. The molecule has 2 aromatic rings. The SMILES string of the molecule is Cc1ccc(C(C)(C)CNc2cccc(F)c2N)o1. The van der Waals surface area contributed by atoms with E-state index < -0.39 is 5.82 Å². The maximum Gasteiger partial charge on any atom is 0.148 e. The van der Waals surface area contributed by atoms with Crippen LogP contribution in [0, 0.1) is 12.7 Å². The number of aryl methyl sites for hydroxylation is 1. The lowest BCUT2D eigenvalue weighted by atomic mass is 9.90. The van der Waals surface area contributed by atoms with Crippen molar-refractivity contribution < 1.29 is 8.81 Å². The summed E-state index contributed by atoms with van der Waals surface area (Å²) in [4.78, 5) is 0. The molecule has 3 N–H and O–H groups in total. The van der Waals surface area contributed by atoms with Crippen LogP contribution in [0.15, 0.2) is 34.7 Å². The molecule has 4 heteroatoms. The number of anilines is 2. The number of hydrogen-bond donors (Lipinski definition) is 2. The molecular weight excluding hydrogens is 243 g/mol. The molecule has 0 amide bonds. The van der Waals surface area contributed by atoms with Crippen LogP contribution in [0.25, 0.3) is 0 Å². The van der Waals surface area contributed by atoms with Crippen molar-refractivity contribution in [2.24, 2.45) is 0 Å². The van der Waals surface area contributed by atoms with Crippen LogP contribution in [0.3, 0.4) is 0 Å². The van der Waals surface area contributed by atoms with Crippen LogP contribution in [0.5, 0.6) is 0 Å². The third-order valence-corrected chi connectivity index (χ3v) is 3.18. The zero-order chi connectivity index (χ0) is 14.0. The van der Waals surface area contributed by atoms with E-state index in [1.807, 2.05) is 19.1 Å². The lowest BCUT2D eigenvalue weighted by molar-refractivity contribution is 0.386. The van der Waals surface area contributed by atoms with E-state index in [1.54, 1.807) is 12.1 Å². The van der Waals surface area contributed by atoms with Gasteiger partial charge < -0.3 is 15.5 Å². The van der Waals surface area contributed by atoms with Gasteiger partial charge in [0, 0.05) is 12.0 Å². The number of benzene rings is 1. The number of nitrogens with two attached hydrogens (primary N) is 1. The molecule has 0 fully saturated rings. The predicted octanol–water partition coefficient (Wildman–Crippen LogP) is 3.70. The molecule has 0 bridgehead atoms. The average molecular weight is 262 g/mol. The lowest BCUT2D eigenvalue weighted by Gasteiger charge is -2.23. The summed E-state index contributed by atoms with van der Waals surface area (Å²) in [7, 11) is 0. The molecule has 0 aliphatic heterocycles. The number of para-hydroxylation sites is 1. The lowest BCUT2D eigenvalue weighted by Crippen LogP contribution is -2.27. The van der Waals surface area contributed by atoms with Crippen LogP contribution in [-0.4, -0.2) is 6.54 Å². The van der Waals surface area contributed by atoms with Crippen LogP contribution in [0.1, 0.15) is 25.4 Å². The summed E-state index contributed by atoms with van der Waals surface area (Å²) < 4.78 is 19.0. The number of halogens is 1. The first kappa shape index (κ1) is 13.5. The molecule has 0 unspecified atom stereocenters. The largest absolute Gasteiger partial charge is 0.466 e. The Bertz CT molecular complexity index is 575. The first-order chi connectivity index (χ1) is 8.90. The minimum atomic E-state index is -0.406. The van der Waals surface area contributed by atoms with Crippen molar-refractivity contribution in [1.82, 2.24) is 0 Å². The molecule has 1 aromatic heterocycles. The number of furan rings is 1. The Morgan fingerprint density at radius 3 is 2.63 bits per heavy atom. The fraction of sp³-hybridized carbons (Fsp3) is 0.333. The molecule has 0 spiro atoms. The zero-order valence-corrected chi connectivity index (χ0v) is 11.5. The highest BCUT2D eigenvalue weighted by atomic mass is 19.1. The van der Waals surface area contributed by atoms with E-state index in [1.165, 1.54) is 6.07 Å². The molecule has 1 aromatic carbocycles. The van der Waals surface area contributed by atoms with Gasteiger partial charge >= 0.3 is 0 Å². The second kappa shape index (κ2) is 4.96. The Balaban J connectivity index is 2.11. The highest BCUT2D eigenvalue weighted by Gasteiger charge is 2.24. The Morgan fingerprint density at radius 2 is 2.00 bits per heavy atom. The summed E-state index contributed by atoms with van der Waals surface area (Å²) in [5.41, 5.74) is 6.25.